The monoisotopic (exact) mass is 497 g/mol. The van der Waals surface area contributed by atoms with Gasteiger partial charge in [-0.05, 0) is 43.5 Å². The maximum atomic E-state index is 13.8. The Morgan fingerprint density at radius 2 is 1.92 bits per heavy atom. The molecule has 0 unspecified atom stereocenters. The van der Waals surface area contributed by atoms with Gasteiger partial charge in [0.25, 0.3) is 0 Å². The highest BCUT2D eigenvalue weighted by Gasteiger charge is 2.46. The van der Waals surface area contributed by atoms with Crippen LogP contribution in [0.4, 0.5) is 14.9 Å². The summed E-state index contributed by atoms with van der Waals surface area (Å²) in [6, 6.07) is 11.8. The number of benzene rings is 2. The van der Waals surface area contributed by atoms with E-state index in [9.17, 15) is 19.1 Å². The average molecular weight is 498 g/mol. The van der Waals surface area contributed by atoms with Crippen LogP contribution in [0.1, 0.15) is 55.6 Å². The zero-order valence-electron chi connectivity index (χ0n) is 20.0. The number of rotatable bonds is 7. The zero-order valence-corrected chi connectivity index (χ0v) is 20.0. The van der Waals surface area contributed by atoms with Crippen molar-refractivity contribution in [2.45, 2.75) is 75.3 Å². The Hall–Kier alpha value is -3.17. The van der Waals surface area contributed by atoms with Crippen LogP contribution in [-0.2, 0) is 16.1 Å². The molecule has 36 heavy (non-hydrogen) atoms. The lowest BCUT2D eigenvalue weighted by atomic mass is 9.84. The first-order valence-electron chi connectivity index (χ1n) is 12.6. The number of hydrogen-bond donors (Lipinski definition) is 4. The Morgan fingerprint density at radius 1 is 1.11 bits per heavy atom. The molecule has 0 radical (unpaired) electrons. The number of hydrogen-bond acceptors (Lipinski definition) is 5. The van der Waals surface area contributed by atoms with Gasteiger partial charge in [0, 0.05) is 35.3 Å². The normalized spacial score (nSPS) is 24.9. The molecule has 0 aromatic heterocycles. The quantitative estimate of drug-likeness (QED) is 0.468. The Kier molecular flexibility index (Phi) is 7.38. The zero-order chi connectivity index (χ0) is 25.1. The Balaban J connectivity index is 1.22. The summed E-state index contributed by atoms with van der Waals surface area (Å²) >= 11 is 0. The number of anilines is 1. The predicted molar refractivity (Wildman–Crippen MR) is 131 cm³/mol. The van der Waals surface area contributed by atoms with Crippen LogP contribution in [-0.4, -0.2) is 48.0 Å². The van der Waals surface area contributed by atoms with Crippen LogP contribution in [0.3, 0.4) is 0 Å². The first-order valence-corrected chi connectivity index (χ1v) is 12.6. The van der Waals surface area contributed by atoms with Crippen molar-refractivity contribution in [3.05, 3.63) is 59.4 Å². The molecule has 2 fully saturated rings. The van der Waals surface area contributed by atoms with Crippen LogP contribution in [0, 0.1) is 5.82 Å². The first-order chi connectivity index (χ1) is 17.5. The molecule has 2 aromatic carbocycles. The summed E-state index contributed by atoms with van der Waals surface area (Å²) in [4.78, 5) is 25.0. The van der Waals surface area contributed by atoms with E-state index in [2.05, 4.69) is 16.0 Å². The number of fused-ring (bicyclic) bond motifs is 3. The minimum Gasteiger partial charge on any atom is -0.487 e. The molecule has 1 saturated heterocycles. The number of amides is 3. The van der Waals surface area contributed by atoms with E-state index in [1.54, 1.807) is 24.3 Å². The molecule has 192 valence electrons. The van der Waals surface area contributed by atoms with E-state index in [-0.39, 0.29) is 55.4 Å². The fraction of sp³-hybridized carbons (Fsp3) is 0.481. The molecular formula is C27H32FN3O5. The van der Waals surface area contributed by atoms with Crippen molar-refractivity contribution in [2.75, 3.05) is 11.9 Å². The van der Waals surface area contributed by atoms with Gasteiger partial charge in [-0.15, -0.1) is 0 Å². The first kappa shape index (κ1) is 24.5. The average Bonchev–Trinajstić information content (AvgIpc) is 3.50. The molecular weight excluding hydrogens is 465 g/mol. The van der Waals surface area contributed by atoms with Crippen molar-refractivity contribution in [2.24, 2.45) is 0 Å². The minimum atomic E-state index is -0.581. The van der Waals surface area contributed by atoms with Crippen molar-refractivity contribution < 1.29 is 28.6 Å². The van der Waals surface area contributed by atoms with Crippen LogP contribution in [0.2, 0.25) is 0 Å². The predicted octanol–water partition coefficient (Wildman–Crippen LogP) is 3.59. The second kappa shape index (κ2) is 10.8. The van der Waals surface area contributed by atoms with E-state index in [1.165, 1.54) is 6.07 Å². The van der Waals surface area contributed by atoms with E-state index in [0.29, 0.717) is 23.4 Å². The molecule has 4 atom stereocenters. The molecule has 1 saturated carbocycles. The van der Waals surface area contributed by atoms with Gasteiger partial charge in [-0.3, -0.25) is 4.79 Å². The number of halogens is 1. The lowest BCUT2D eigenvalue weighted by Crippen LogP contribution is -2.47. The minimum absolute atomic E-state index is 0.0880. The third-order valence-electron chi connectivity index (χ3n) is 7.29. The third-order valence-corrected chi connectivity index (χ3v) is 7.29. The van der Waals surface area contributed by atoms with Gasteiger partial charge < -0.3 is 30.5 Å². The molecule has 1 aliphatic carbocycles. The summed E-state index contributed by atoms with van der Waals surface area (Å²) in [7, 11) is 0. The second-order valence-corrected chi connectivity index (χ2v) is 9.81. The maximum Gasteiger partial charge on any atom is 0.319 e. The Bertz CT molecular complexity index is 1110. The van der Waals surface area contributed by atoms with Gasteiger partial charge in [-0.25, -0.2) is 9.18 Å². The number of nitrogens with one attached hydrogen (secondary N) is 3. The molecule has 2 aliphatic heterocycles. The molecule has 4 N–H and O–H groups in total. The second-order valence-electron chi connectivity index (χ2n) is 9.81. The molecule has 0 bridgehead atoms. The highest BCUT2D eigenvalue weighted by molar-refractivity contribution is 5.89. The summed E-state index contributed by atoms with van der Waals surface area (Å²) in [5.41, 5.74) is 2.01. The van der Waals surface area contributed by atoms with Crippen molar-refractivity contribution in [3.63, 3.8) is 0 Å². The van der Waals surface area contributed by atoms with Crippen LogP contribution >= 0.6 is 0 Å². The fourth-order valence-corrected chi connectivity index (χ4v) is 5.50. The van der Waals surface area contributed by atoms with Gasteiger partial charge in [0.2, 0.25) is 5.91 Å². The van der Waals surface area contributed by atoms with Gasteiger partial charge in [0.15, 0.2) is 0 Å². The van der Waals surface area contributed by atoms with Crippen LogP contribution in [0.15, 0.2) is 42.5 Å². The molecule has 2 aromatic rings. The van der Waals surface area contributed by atoms with Gasteiger partial charge >= 0.3 is 6.03 Å². The van der Waals surface area contributed by atoms with Crippen LogP contribution < -0.4 is 20.7 Å². The van der Waals surface area contributed by atoms with Crippen molar-refractivity contribution in [3.8, 4) is 5.75 Å². The highest BCUT2D eigenvalue weighted by atomic mass is 19.1. The number of carbonyl (C=O) groups excluding carboxylic acids is 2. The summed E-state index contributed by atoms with van der Waals surface area (Å²) in [6.45, 7) is -0.144. The number of urea groups is 1. The van der Waals surface area contributed by atoms with E-state index in [1.807, 2.05) is 12.1 Å². The van der Waals surface area contributed by atoms with Gasteiger partial charge in [-0.2, -0.15) is 0 Å². The van der Waals surface area contributed by atoms with Crippen molar-refractivity contribution in [1.82, 2.24) is 10.6 Å². The van der Waals surface area contributed by atoms with Gasteiger partial charge in [0.1, 0.15) is 23.8 Å². The maximum absolute atomic E-state index is 13.8. The molecule has 2 heterocycles. The SMILES string of the molecule is O=C(C[C@@H]1C[C@@H]2c3cc(NC(=O)NC4CCCC4)ccc3O[C@@H]2[C@H](CO)O1)NCc1ccccc1F. The van der Waals surface area contributed by atoms with Crippen LogP contribution in [0.25, 0.3) is 0 Å². The molecule has 8 nitrogen and oxygen atoms in total. The highest BCUT2D eigenvalue weighted by Crippen LogP contribution is 2.47. The lowest BCUT2D eigenvalue weighted by Gasteiger charge is -2.37. The lowest BCUT2D eigenvalue weighted by molar-refractivity contribution is -0.142. The Morgan fingerprint density at radius 3 is 2.69 bits per heavy atom. The van der Waals surface area contributed by atoms with Gasteiger partial charge in [0.05, 0.1) is 19.1 Å². The molecule has 3 aliphatic rings. The largest absolute Gasteiger partial charge is 0.487 e. The van der Waals surface area contributed by atoms with E-state index in [0.717, 1.165) is 31.2 Å². The molecule has 5 rings (SSSR count). The summed E-state index contributed by atoms with van der Waals surface area (Å²) in [5, 5.41) is 18.6. The molecule has 0 spiro atoms. The summed E-state index contributed by atoms with van der Waals surface area (Å²) < 4.78 is 26.0. The Labute approximate surface area is 209 Å². The number of aliphatic hydroxyl groups is 1. The van der Waals surface area contributed by atoms with E-state index >= 15 is 0 Å². The molecule has 3 amide bonds. The summed E-state index contributed by atoms with van der Waals surface area (Å²) in [5.74, 6) is -0.0131. The van der Waals surface area contributed by atoms with E-state index < -0.39 is 12.2 Å². The summed E-state index contributed by atoms with van der Waals surface area (Å²) in [6.07, 6.45) is 3.53. The third kappa shape index (κ3) is 5.47. The fourth-order valence-electron chi connectivity index (χ4n) is 5.50. The smallest absolute Gasteiger partial charge is 0.319 e. The van der Waals surface area contributed by atoms with Crippen molar-refractivity contribution >= 4 is 17.6 Å². The van der Waals surface area contributed by atoms with Crippen molar-refractivity contribution in [1.29, 1.82) is 0 Å². The number of aliphatic hydroxyl groups excluding tert-OH is 1. The molecule has 9 heteroatoms. The topological polar surface area (TPSA) is 109 Å². The van der Waals surface area contributed by atoms with Crippen LogP contribution in [0.5, 0.6) is 5.75 Å². The number of carbonyl (C=O) groups is 2. The number of ether oxygens (including phenoxy) is 2. The standard InChI is InChI=1S/C27H32FN3O5/c28-22-8-4-1-5-16(22)14-29-25(33)13-19-12-21-20-11-18(31-27(34)30-17-6-2-3-7-17)9-10-23(20)36-26(21)24(15-32)35-19/h1,4-5,8-11,17,19,21,24,26,32H,2-3,6-7,12-15H2,(H,29,33)(H2,30,31,34)/t19-,21+,24-,26-/m0/s1. The van der Waals surface area contributed by atoms with E-state index in [4.69, 9.17) is 9.47 Å². The van der Waals surface area contributed by atoms with Gasteiger partial charge in [-0.1, -0.05) is 31.0 Å².